The fourth-order valence-electron chi connectivity index (χ4n) is 1.72. The molecule has 0 saturated carbocycles. The lowest BCUT2D eigenvalue weighted by atomic mass is 10.1. The van der Waals surface area contributed by atoms with Crippen LogP contribution in [0.1, 0.15) is 19.8 Å². The molecular weight excluding hydrogens is 253 g/mol. The lowest BCUT2D eigenvalue weighted by molar-refractivity contribution is -0.324. The molecule has 1 aliphatic heterocycles. The number of carbonyl (C=O) groups excluding carboxylic acids is 2. The molecule has 5 nitrogen and oxygen atoms in total. The summed E-state index contributed by atoms with van der Waals surface area (Å²) in [5.41, 5.74) is 0. The van der Waals surface area contributed by atoms with Gasteiger partial charge < -0.3 is 10.2 Å². The number of alkyl halides is 3. The van der Waals surface area contributed by atoms with Crippen molar-refractivity contribution in [2.45, 2.75) is 32.2 Å². The van der Waals surface area contributed by atoms with Gasteiger partial charge >= 0.3 is 6.36 Å². The largest absolute Gasteiger partial charge is 0.522 e. The van der Waals surface area contributed by atoms with Crippen LogP contribution in [0.2, 0.25) is 0 Å². The Bertz CT molecular complexity index is 320. The lowest BCUT2D eigenvalue weighted by Crippen LogP contribution is -2.58. The van der Waals surface area contributed by atoms with Gasteiger partial charge in [-0.15, -0.1) is 13.2 Å². The van der Waals surface area contributed by atoms with Gasteiger partial charge in [-0.3, -0.25) is 14.3 Å². The number of amides is 2. The van der Waals surface area contributed by atoms with E-state index < -0.39 is 19.0 Å². The highest BCUT2D eigenvalue weighted by molar-refractivity contribution is 5.94. The second-order valence-electron chi connectivity index (χ2n) is 3.96. The van der Waals surface area contributed by atoms with Gasteiger partial charge in [-0.1, -0.05) is 13.3 Å². The highest BCUT2D eigenvalue weighted by Crippen LogP contribution is 2.16. The predicted octanol–water partition coefficient (Wildman–Crippen LogP) is 0.650. The molecule has 0 aromatic carbocycles. The average molecular weight is 268 g/mol. The van der Waals surface area contributed by atoms with E-state index in [1.54, 1.807) is 0 Å². The number of piperazine rings is 1. The van der Waals surface area contributed by atoms with Gasteiger partial charge in [0.1, 0.15) is 6.04 Å². The minimum Gasteiger partial charge on any atom is -0.343 e. The second kappa shape index (κ2) is 6.03. The minimum absolute atomic E-state index is 0.222. The monoisotopic (exact) mass is 268 g/mol. The molecule has 1 heterocycles. The summed E-state index contributed by atoms with van der Waals surface area (Å²) in [4.78, 5) is 24.2. The summed E-state index contributed by atoms with van der Waals surface area (Å²) in [6.07, 6.45) is -3.55. The van der Waals surface area contributed by atoms with Crippen molar-refractivity contribution in [3.8, 4) is 0 Å². The molecule has 0 aromatic rings. The maximum Gasteiger partial charge on any atom is 0.522 e. The van der Waals surface area contributed by atoms with Crippen LogP contribution < -0.4 is 5.32 Å². The molecule has 1 unspecified atom stereocenters. The van der Waals surface area contributed by atoms with Crippen LogP contribution >= 0.6 is 0 Å². The summed E-state index contributed by atoms with van der Waals surface area (Å²) in [5.74, 6) is -0.720. The van der Waals surface area contributed by atoms with Gasteiger partial charge in [0.15, 0.2) is 0 Å². The Labute approximate surface area is 102 Å². The molecule has 0 bridgehead atoms. The molecule has 2 amide bonds. The van der Waals surface area contributed by atoms with E-state index in [9.17, 15) is 22.8 Å². The van der Waals surface area contributed by atoms with E-state index in [1.807, 2.05) is 6.92 Å². The number of halogens is 3. The Morgan fingerprint density at radius 1 is 1.44 bits per heavy atom. The molecule has 1 saturated heterocycles. The van der Waals surface area contributed by atoms with E-state index in [0.717, 1.165) is 4.90 Å². The normalized spacial score (nSPS) is 21.1. The Morgan fingerprint density at radius 2 is 2.11 bits per heavy atom. The molecule has 0 aliphatic carbocycles. The lowest BCUT2D eigenvalue weighted by Gasteiger charge is -2.32. The van der Waals surface area contributed by atoms with Crippen LogP contribution in [0.15, 0.2) is 0 Å². The summed E-state index contributed by atoms with van der Waals surface area (Å²) in [6, 6.07) is -0.637. The van der Waals surface area contributed by atoms with E-state index in [0.29, 0.717) is 12.8 Å². The molecular formula is C10H15F3N2O3. The van der Waals surface area contributed by atoms with Gasteiger partial charge in [-0.05, 0) is 6.42 Å². The number of nitrogens with one attached hydrogen (secondary N) is 1. The molecule has 1 aliphatic rings. The first kappa shape index (κ1) is 14.7. The summed E-state index contributed by atoms with van der Waals surface area (Å²) >= 11 is 0. The summed E-state index contributed by atoms with van der Waals surface area (Å²) in [7, 11) is 0. The van der Waals surface area contributed by atoms with Crippen LogP contribution in [0.3, 0.4) is 0 Å². The third kappa shape index (κ3) is 4.52. The Kier molecular flexibility index (Phi) is 4.94. The maximum atomic E-state index is 11.8. The van der Waals surface area contributed by atoms with Crippen LogP contribution in [-0.4, -0.2) is 48.8 Å². The molecule has 0 radical (unpaired) electrons. The van der Waals surface area contributed by atoms with E-state index in [1.165, 1.54) is 0 Å². The van der Waals surface area contributed by atoms with Gasteiger partial charge in [0.2, 0.25) is 11.8 Å². The van der Waals surface area contributed by atoms with Crippen LogP contribution in [0.5, 0.6) is 0 Å². The molecule has 104 valence electrons. The van der Waals surface area contributed by atoms with E-state index in [2.05, 4.69) is 10.1 Å². The molecule has 1 fully saturated rings. The Hall–Kier alpha value is -1.31. The van der Waals surface area contributed by atoms with Crippen molar-refractivity contribution in [3.05, 3.63) is 0 Å². The third-order valence-corrected chi connectivity index (χ3v) is 2.48. The first-order chi connectivity index (χ1) is 8.33. The van der Waals surface area contributed by atoms with E-state index >= 15 is 0 Å². The first-order valence-corrected chi connectivity index (χ1v) is 5.62. The maximum absolute atomic E-state index is 11.8. The standard InChI is InChI=1S/C10H15F3N2O3/c1-2-3-7-9(17)15(6-8(16)14-7)4-5-18-10(11,12)13/h7H,2-6H2,1H3,(H,14,16). The summed E-state index contributed by atoms with van der Waals surface area (Å²) < 4.78 is 38.9. The summed E-state index contributed by atoms with van der Waals surface area (Å²) in [5, 5.41) is 2.51. The number of carbonyl (C=O) groups is 2. The third-order valence-electron chi connectivity index (χ3n) is 2.48. The van der Waals surface area contributed by atoms with Crippen molar-refractivity contribution in [2.75, 3.05) is 19.7 Å². The SMILES string of the molecule is CCCC1NC(=O)CN(CCOC(F)(F)F)C1=O. The highest BCUT2D eigenvalue weighted by Gasteiger charge is 2.33. The number of ether oxygens (including phenoxy) is 1. The predicted molar refractivity (Wildman–Crippen MR) is 55.4 cm³/mol. The molecule has 0 aromatic heterocycles. The van der Waals surface area contributed by atoms with Crippen molar-refractivity contribution >= 4 is 11.8 Å². The second-order valence-corrected chi connectivity index (χ2v) is 3.96. The van der Waals surface area contributed by atoms with Crippen molar-refractivity contribution in [1.82, 2.24) is 10.2 Å². The zero-order chi connectivity index (χ0) is 13.8. The molecule has 1 rings (SSSR count). The van der Waals surface area contributed by atoms with Crippen LogP contribution in [0.4, 0.5) is 13.2 Å². The van der Waals surface area contributed by atoms with Crippen molar-refractivity contribution in [2.24, 2.45) is 0 Å². The zero-order valence-corrected chi connectivity index (χ0v) is 9.92. The molecule has 18 heavy (non-hydrogen) atoms. The fourth-order valence-corrected chi connectivity index (χ4v) is 1.72. The Morgan fingerprint density at radius 3 is 2.67 bits per heavy atom. The molecule has 1 N–H and O–H groups in total. The average Bonchev–Trinajstić information content (AvgIpc) is 2.23. The van der Waals surface area contributed by atoms with Gasteiger partial charge in [0.25, 0.3) is 0 Å². The number of hydrogen-bond donors (Lipinski definition) is 1. The van der Waals surface area contributed by atoms with Crippen LogP contribution in [0.25, 0.3) is 0 Å². The van der Waals surface area contributed by atoms with Gasteiger partial charge in [-0.2, -0.15) is 0 Å². The van der Waals surface area contributed by atoms with Crippen LogP contribution in [-0.2, 0) is 14.3 Å². The van der Waals surface area contributed by atoms with Crippen molar-refractivity contribution < 1.29 is 27.5 Å². The molecule has 8 heteroatoms. The van der Waals surface area contributed by atoms with Gasteiger partial charge in [0.05, 0.1) is 13.2 Å². The van der Waals surface area contributed by atoms with Crippen molar-refractivity contribution in [1.29, 1.82) is 0 Å². The molecule has 1 atom stereocenters. The Balaban J connectivity index is 2.48. The quantitative estimate of drug-likeness (QED) is 0.796. The molecule has 0 spiro atoms. The first-order valence-electron chi connectivity index (χ1n) is 5.62. The van der Waals surface area contributed by atoms with Gasteiger partial charge in [0, 0.05) is 6.54 Å². The van der Waals surface area contributed by atoms with E-state index in [4.69, 9.17) is 0 Å². The van der Waals surface area contributed by atoms with E-state index in [-0.39, 0.29) is 24.9 Å². The number of nitrogens with zero attached hydrogens (tertiary/aromatic N) is 1. The zero-order valence-electron chi connectivity index (χ0n) is 9.92. The van der Waals surface area contributed by atoms with Gasteiger partial charge in [-0.25, -0.2) is 0 Å². The highest BCUT2D eigenvalue weighted by atomic mass is 19.4. The smallest absolute Gasteiger partial charge is 0.343 e. The summed E-state index contributed by atoms with van der Waals surface area (Å²) in [6.45, 7) is 0.721. The van der Waals surface area contributed by atoms with Crippen molar-refractivity contribution in [3.63, 3.8) is 0 Å². The minimum atomic E-state index is -4.72. The number of rotatable bonds is 5. The fraction of sp³-hybridized carbons (Fsp3) is 0.800. The van der Waals surface area contributed by atoms with Crippen LogP contribution in [0, 0.1) is 0 Å². The topological polar surface area (TPSA) is 58.6 Å². The number of hydrogen-bond acceptors (Lipinski definition) is 3.